The van der Waals surface area contributed by atoms with E-state index < -0.39 is 11.9 Å². The van der Waals surface area contributed by atoms with E-state index in [-0.39, 0.29) is 22.4 Å². The van der Waals surface area contributed by atoms with Gasteiger partial charge in [-0.3, -0.25) is 9.59 Å². The molecule has 0 atom stereocenters. The van der Waals surface area contributed by atoms with E-state index in [1.54, 1.807) is 0 Å². The van der Waals surface area contributed by atoms with E-state index in [0.29, 0.717) is 0 Å². The van der Waals surface area contributed by atoms with Crippen molar-refractivity contribution in [2.75, 3.05) is 13.7 Å². The number of hydrogen-bond donors (Lipinski definition) is 1. The van der Waals surface area contributed by atoms with Crippen LogP contribution < -0.4 is 5.32 Å². The fourth-order valence-corrected chi connectivity index (χ4v) is 1.22. The monoisotopic (exact) mass is 262 g/mol. The van der Waals surface area contributed by atoms with Gasteiger partial charge in [-0.05, 0) is 12.1 Å². The molecule has 0 aliphatic carbocycles. The van der Waals surface area contributed by atoms with Crippen molar-refractivity contribution >= 4 is 35.1 Å². The minimum atomic E-state index is -0.585. The molecule has 0 fully saturated rings. The van der Waals surface area contributed by atoms with Crippen LogP contribution >= 0.6 is 23.2 Å². The number of amides is 1. The number of nitrogens with one attached hydrogen (secondary N) is 1. The topological polar surface area (TPSA) is 68.3 Å². The lowest BCUT2D eigenvalue weighted by molar-refractivity contribution is -0.139. The first-order valence-electron chi connectivity index (χ1n) is 4.21. The van der Waals surface area contributed by atoms with Crippen molar-refractivity contribution in [3.05, 3.63) is 28.0 Å². The van der Waals surface area contributed by atoms with Crippen molar-refractivity contribution in [3.8, 4) is 0 Å². The minimum Gasteiger partial charge on any atom is -0.468 e. The molecule has 5 nitrogen and oxygen atoms in total. The molecule has 0 aliphatic heterocycles. The molecule has 0 aliphatic rings. The largest absolute Gasteiger partial charge is 0.468 e. The molecule has 0 spiro atoms. The summed E-state index contributed by atoms with van der Waals surface area (Å²) in [6.07, 6.45) is 0. The Morgan fingerprint density at radius 1 is 1.44 bits per heavy atom. The van der Waals surface area contributed by atoms with E-state index in [1.807, 2.05) is 0 Å². The van der Waals surface area contributed by atoms with Crippen LogP contribution in [0.2, 0.25) is 10.2 Å². The predicted octanol–water partition coefficient (Wildman–Crippen LogP) is 1.29. The average molecular weight is 263 g/mol. The quantitative estimate of drug-likeness (QED) is 0.659. The maximum absolute atomic E-state index is 11.5. The molecule has 7 heteroatoms. The third kappa shape index (κ3) is 3.36. The van der Waals surface area contributed by atoms with E-state index >= 15 is 0 Å². The Hall–Kier alpha value is -1.33. The van der Waals surface area contributed by atoms with Crippen LogP contribution in [0.25, 0.3) is 0 Å². The summed E-state index contributed by atoms with van der Waals surface area (Å²) < 4.78 is 4.36. The number of hydrogen-bond acceptors (Lipinski definition) is 4. The van der Waals surface area contributed by atoms with Crippen LogP contribution in [-0.4, -0.2) is 30.5 Å². The number of nitrogens with zero attached hydrogens (tertiary/aromatic N) is 1. The molecule has 1 N–H and O–H groups in total. The molecular formula is C9H8Cl2N2O3. The van der Waals surface area contributed by atoms with Gasteiger partial charge in [0.1, 0.15) is 17.4 Å². The van der Waals surface area contributed by atoms with Gasteiger partial charge in [0.2, 0.25) is 0 Å². The lowest BCUT2D eigenvalue weighted by atomic mass is 10.3. The molecule has 1 aromatic heterocycles. The highest BCUT2D eigenvalue weighted by Crippen LogP contribution is 2.16. The molecule has 1 rings (SSSR count). The van der Waals surface area contributed by atoms with E-state index in [2.05, 4.69) is 15.0 Å². The second-order valence-corrected chi connectivity index (χ2v) is 3.52. The maximum Gasteiger partial charge on any atom is 0.325 e. The van der Waals surface area contributed by atoms with Crippen LogP contribution in [0.3, 0.4) is 0 Å². The molecule has 0 unspecified atom stereocenters. The average Bonchev–Trinajstić information content (AvgIpc) is 2.28. The molecule has 16 heavy (non-hydrogen) atoms. The van der Waals surface area contributed by atoms with Gasteiger partial charge in [0.25, 0.3) is 5.91 Å². The summed E-state index contributed by atoms with van der Waals surface area (Å²) in [4.78, 5) is 26.0. The molecule has 0 radical (unpaired) electrons. The number of ether oxygens (including phenoxy) is 1. The number of esters is 1. The SMILES string of the molecule is COC(=O)CNC(=O)c1nc(Cl)ccc1Cl. The molecule has 0 bridgehead atoms. The number of rotatable bonds is 3. The van der Waals surface area contributed by atoms with E-state index in [1.165, 1.54) is 19.2 Å². The highest BCUT2D eigenvalue weighted by molar-refractivity contribution is 6.34. The summed E-state index contributed by atoms with van der Waals surface area (Å²) in [6.45, 7) is -0.250. The van der Waals surface area contributed by atoms with Gasteiger partial charge in [-0.2, -0.15) is 0 Å². The third-order valence-electron chi connectivity index (χ3n) is 1.65. The van der Waals surface area contributed by atoms with Gasteiger partial charge in [0.05, 0.1) is 12.1 Å². The predicted molar refractivity (Wildman–Crippen MR) is 58.6 cm³/mol. The van der Waals surface area contributed by atoms with E-state index in [0.717, 1.165) is 0 Å². The summed E-state index contributed by atoms with van der Waals surface area (Å²) in [5.74, 6) is -1.15. The Morgan fingerprint density at radius 3 is 2.75 bits per heavy atom. The number of halogens is 2. The fraction of sp³-hybridized carbons (Fsp3) is 0.222. The van der Waals surface area contributed by atoms with Gasteiger partial charge >= 0.3 is 5.97 Å². The Morgan fingerprint density at radius 2 is 2.12 bits per heavy atom. The van der Waals surface area contributed by atoms with Crippen molar-refractivity contribution in [1.29, 1.82) is 0 Å². The first kappa shape index (κ1) is 12.7. The van der Waals surface area contributed by atoms with Gasteiger partial charge in [-0.25, -0.2) is 4.98 Å². The van der Waals surface area contributed by atoms with Crippen molar-refractivity contribution in [2.24, 2.45) is 0 Å². The molecule has 86 valence electrons. The molecule has 0 saturated heterocycles. The first-order chi connectivity index (χ1) is 7.54. The van der Waals surface area contributed by atoms with Gasteiger partial charge < -0.3 is 10.1 Å². The second kappa shape index (κ2) is 5.67. The lowest BCUT2D eigenvalue weighted by Gasteiger charge is -2.04. The van der Waals surface area contributed by atoms with Crippen LogP contribution in [-0.2, 0) is 9.53 Å². The Balaban J connectivity index is 2.73. The van der Waals surface area contributed by atoms with Crippen molar-refractivity contribution < 1.29 is 14.3 Å². The normalized spacial score (nSPS) is 9.69. The summed E-state index contributed by atoms with van der Waals surface area (Å²) >= 11 is 11.4. The van der Waals surface area contributed by atoms with Crippen molar-refractivity contribution in [2.45, 2.75) is 0 Å². The van der Waals surface area contributed by atoms with Crippen molar-refractivity contribution in [3.63, 3.8) is 0 Å². The summed E-state index contributed by atoms with van der Waals surface area (Å²) in [7, 11) is 1.22. The molecule has 1 heterocycles. The van der Waals surface area contributed by atoms with E-state index in [4.69, 9.17) is 23.2 Å². The van der Waals surface area contributed by atoms with Crippen LogP contribution in [0.5, 0.6) is 0 Å². The molecule has 0 aromatic carbocycles. The zero-order chi connectivity index (χ0) is 12.1. The van der Waals surface area contributed by atoms with Gasteiger partial charge in [0, 0.05) is 0 Å². The van der Waals surface area contributed by atoms with Gasteiger partial charge in [-0.15, -0.1) is 0 Å². The minimum absolute atomic E-state index is 0.0296. The summed E-state index contributed by atoms with van der Waals surface area (Å²) in [5, 5.41) is 2.60. The number of pyridine rings is 1. The summed E-state index contributed by atoms with van der Waals surface area (Å²) in [5.41, 5.74) is -0.0296. The molecule has 1 amide bonds. The maximum atomic E-state index is 11.5. The van der Waals surface area contributed by atoms with E-state index in [9.17, 15) is 9.59 Å². The highest BCUT2D eigenvalue weighted by atomic mass is 35.5. The molecule has 0 saturated carbocycles. The zero-order valence-corrected chi connectivity index (χ0v) is 9.80. The summed E-state index contributed by atoms with van der Waals surface area (Å²) in [6, 6.07) is 2.91. The standard InChI is InChI=1S/C9H8Cl2N2O3/c1-16-7(14)4-12-9(15)8-5(10)2-3-6(11)13-8/h2-3H,4H2,1H3,(H,12,15). The van der Waals surface area contributed by atoms with Crippen LogP contribution in [0.15, 0.2) is 12.1 Å². The van der Waals surface area contributed by atoms with Crippen molar-refractivity contribution in [1.82, 2.24) is 10.3 Å². The van der Waals surface area contributed by atoms with Gasteiger partial charge in [-0.1, -0.05) is 23.2 Å². The lowest BCUT2D eigenvalue weighted by Crippen LogP contribution is -2.30. The molecule has 1 aromatic rings. The van der Waals surface area contributed by atoms with Crippen LogP contribution in [0.4, 0.5) is 0 Å². The third-order valence-corrected chi connectivity index (χ3v) is 2.16. The second-order valence-electron chi connectivity index (χ2n) is 2.72. The Bertz CT molecular complexity index is 423. The number of aromatic nitrogens is 1. The zero-order valence-electron chi connectivity index (χ0n) is 8.29. The highest BCUT2D eigenvalue weighted by Gasteiger charge is 2.13. The Labute approximate surface area is 102 Å². The number of methoxy groups -OCH3 is 1. The van der Waals surface area contributed by atoms with Crippen LogP contribution in [0.1, 0.15) is 10.5 Å². The van der Waals surface area contributed by atoms with Crippen LogP contribution in [0, 0.1) is 0 Å². The fourth-order valence-electron chi connectivity index (χ4n) is 0.886. The first-order valence-corrected chi connectivity index (χ1v) is 4.97. The smallest absolute Gasteiger partial charge is 0.325 e. The molecular weight excluding hydrogens is 255 g/mol. The number of carbonyl (C=O) groups is 2. The number of carbonyl (C=O) groups excluding carboxylic acids is 2. The van der Waals surface area contributed by atoms with Gasteiger partial charge in [0.15, 0.2) is 0 Å². The Kier molecular flexibility index (Phi) is 4.52.